The maximum absolute atomic E-state index is 10.3. The first-order valence-corrected chi connectivity index (χ1v) is 7.02. The van der Waals surface area contributed by atoms with Crippen molar-refractivity contribution in [2.24, 2.45) is 11.8 Å². The van der Waals surface area contributed by atoms with Crippen LogP contribution in [-0.4, -0.2) is 35.2 Å². The molecule has 1 aliphatic rings. The van der Waals surface area contributed by atoms with E-state index in [1.165, 1.54) is 19.3 Å². The van der Waals surface area contributed by atoms with Gasteiger partial charge in [0.15, 0.2) is 0 Å². The van der Waals surface area contributed by atoms with Crippen molar-refractivity contribution in [3.05, 3.63) is 0 Å². The molecule has 4 unspecified atom stereocenters. The van der Waals surface area contributed by atoms with Gasteiger partial charge in [-0.15, -0.1) is 0 Å². The Hall–Kier alpha value is -0.0800. The summed E-state index contributed by atoms with van der Waals surface area (Å²) < 4.78 is 0. The fourth-order valence-electron chi connectivity index (χ4n) is 3.39. The van der Waals surface area contributed by atoms with Crippen molar-refractivity contribution < 1.29 is 5.11 Å². The standard InChI is InChI=1S/C14H29NO/c1-5-7-15(8-6-2)14-12(4)9-11(3)10-13(14)16/h11-14,16H,5-10H2,1-4H3. The number of nitrogens with zero attached hydrogens (tertiary/aromatic N) is 1. The van der Waals surface area contributed by atoms with Crippen molar-refractivity contribution in [1.82, 2.24) is 4.90 Å². The molecule has 2 nitrogen and oxygen atoms in total. The van der Waals surface area contributed by atoms with Crippen molar-refractivity contribution in [2.75, 3.05) is 13.1 Å². The molecule has 0 bridgehead atoms. The zero-order chi connectivity index (χ0) is 12.1. The fourth-order valence-corrected chi connectivity index (χ4v) is 3.39. The molecule has 96 valence electrons. The zero-order valence-electron chi connectivity index (χ0n) is 11.4. The van der Waals surface area contributed by atoms with Gasteiger partial charge in [-0.25, -0.2) is 0 Å². The second-order valence-electron chi connectivity index (χ2n) is 5.65. The molecular formula is C14H29NO. The van der Waals surface area contributed by atoms with Crippen molar-refractivity contribution in [3.8, 4) is 0 Å². The Morgan fingerprint density at radius 2 is 1.62 bits per heavy atom. The van der Waals surface area contributed by atoms with Crippen LogP contribution in [0.4, 0.5) is 0 Å². The van der Waals surface area contributed by atoms with Crippen LogP contribution in [0.1, 0.15) is 53.4 Å². The lowest BCUT2D eigenvalue weighted by molar-refractivity contribution is -0.0244. The van der Waals surface area contributed by atoms with Gasteiger partial charge in [0.2, 0.25) is 0 Å². The molecule has 1 N–H and O–H groups in total. The highest BCUT2D eigenvalue weighted by Crippen LogP contribution is 2.32. The second kappa shape index (κ2) is 6.61. The molecule has 0 aromatic heterocycles. The van der Waals surface area contributed by atoms with E-state index in [9.17, 15) is 5.11 Å². The van der Waals surface area contributed by atoms with Crippen LogP contribution < -0.4 is 0 Å². The summed E-state index contributed by atoms with van der Waals surface area (Å²) in [6, 6.07) is 0.399. The minimum absolute atomic E-state index is 0.114. The maximum atomic E-state index is 10.3. The highest BCUT2D eigenvalue weighted by molar-refractivity contribution is 4.89. The van der Waals surface area contributed by atoms with Gasteiger partial charge < -0.3 is 5.11 Å². The largest absolute Gasteiger partial charge is 0.391 e. The van der Waals surface area contributed by atoms with Gasteiger partial charge in [0.25, 0.3) is 0 Å². The van der Waals surface area contributed by atoms with Crippen LogP contribution in [0.2, 0.25) is 0 Å². The van der Waals surface area contributed by atoms with Gasteiger partial charge in [0, 0.05) is 6.04 Å². The second-order valence-corrected chi connectivity index (χ2v) is 5.65. The molecule has 0 spiro atoms. The Balaban J connectivity index is 2.65. The van der Waals surface area contributed by atoms with Crippen LogP contribution in [0, 0.1) is 11.8 Å². The summed E-state index contributed by atoms with van der Waals surface area (Å²) in [7, 11) is 0. The predicted molar refractivity (Wildman–Crippen MR) is 69.5 cm³/mol. The summed E-state index contributed by atoms with van der Waals surface area (Å²) in [5.41, 5.74) is 0. The molecule has 1 aliphatic carbocycles. The minimum atomic E-state index is -0.114. The van der Waals surface area contributed by atoms with Gasteiger partial charge in [-0.1, -0.05) is 27.7 Å². The van der Waals surface area contributed by atoms with E-state index in [1.54, 1.807) is 0 Å². The van der Waals surface area contributed by atoms with E-state index in [2.05, 4.69) is 32.6 Å². The predicted octanol–water partition coefficient (Wildman–Crippen LogP) is 2.90. The van der Waals surface area contributed by atoms with Crippen molar-refractivity contribution >= 4 is 0 Å². The van der Waals surface area contributed by atoms with Crippen LogP contribution >= 0.6 is 0 Å². The van der Waals surface area contributed by atoms with Crippen LogP contribution in [-0.2, 0) is 0 Å². The van der Waals surface area contributed by atoms with E-state index in [1.807, 2.05) is 0 Å². The molecule has 1 saturated carbocycles. The summed E-state index contributed by atoms with van der Waals surface area (Å²) in [6.45, 7) is 11.3. The summed E-state index contributed by atoms with van der Waals surface area (Å²) in [5.74, 6) is 1.32. The third kappa shape index (κ3) is 3.46. The quantitative estimate of drug-likeness (QED) is 0.780. The van der Waals surface area contributed by atoms with Gasteiger partial charge in [0.1, 0.15) is 0 Å². The van der Waals surface area contributed by atoms with E-state index in [0.29, 0.717) is 17.9 Å². The molecule has 4 atom stereocenters. The molecule has 1 rings (SSSR count). The van der Waals surface area contributed by atoms with Crippen molar-refractivity contribution in [3.63, 3.8) is 0 Å². The van der Waals surface area contributed by atoms with Gasteiger partial charge in [0.05, 0.1) is 6.10 Å². The van der Waals surface area contributed by atoms with E-state index < -0.39 is 0 Å². The lowest BCUT2D eigenvalue weighted by Gasteiger charge is -2.43. The third-order valence-corrected chi connectivity index (χ3v) is 3.84. The molecule has 0 heterocycles. The normalized spacial score (nSPS) is 35.6. The van der Waals surface area contributed by atoms with E-state index >= 15 is 0 Å². The van der Waals surface area contributed by atoms with Gasteiger partial charge in [-0.05, 0) is 50.6 Å². The molecule has 2 heteroatoms. The first-order chi connectivity index (χ1) is 7.60. The number of hydrogen-bond donors (Lipinski definition) is 1. The maximum Gasteiger partial charge on any atom is 0.0700 e. The summed E-state index contributed by atoms with van der Waals surface area (Å²) >= 11 is 0. The fraction of sp³-hybridized carbons (Fsp3) is 1.00. The number of rotatable bonds is 5. The van der Waals surface area contributed by atoms with Crippen molar-refractivity contribution in [1.29, 1.82) is 0 Å². The Bertz CT molecular complexity index is 177. The van der Waals surface area contributed by atoms with Crippen LogP contribution in [0.25, 0.3) is 0 Å². The Morgan fingerprint density at radius 1 is 1.06 bits per heavy atom. The Labute approximate surface area is 101 Å². The molecule has 0 aromatic carbocycles. The molecular weight excluding hydrogens is 198 g/mol. The van der Waals surface area contributed by atoms with Crippen LogP contribution in [0.3, 0.4) is 0 Å². The minimum Gasteiger partial charge on any atom is -0.391 e. The lowest BCUT2D eigenvalue weighted by Crippen LogP contribution is -2.51. The monoisotopic (exact) mass is 227 g/mol. The number of hydrogen-bond acceptors (Lipinski definition) is 2. The SMILES string of the molecule is CCCN(CCC)C1C(C)CC(C)CC1O. The first-order valence-electron chi connectivity index (χ1n) is 7.02. The number of aliphatic hydroxyl groups is 1. The summed E-state index contributed by atoms with van der Waals surface area (Å²) in [4.78, 5) is 2.52. The first kappa shape index (κ1) is 14.0. The van der Waals surface area contributed by atoms with Crippen LogP contribution in [0.15, 0.2) is 0 Å². The highest BCUT2D eigenvalue weighted by Gasteiger charge is 2.35. The molecule has 1 fully saturated rings. The Morgan fingerprint density at radius 3 is 2.06 bits per heavy atom. The van der Waals surface area contributed by atoms with E-state index in [4.69, 9.17) is 0 Å². The van der Waals surface area contributed by atoms with Gasteiger partial charge in [-0.3, -0.25) is 4.90 Å². The van der Waals surface area contributed by atoms with E-state index in [-0.39, 0.29) is 6.10 Å². The smallest absolute Gasteiger partial charge is 0.0700 e. The summed E-state index contributed by atoms with van der Waals surface area (Å²) in [6.07, 6.45) is 4.51. The molecule has 0 amide bonds. The lowest BCUT2D eigenvalue weighted by atomic mass is 9.77. The molecule has 0 radical (unpaired) electrons. The van der Waals surface area contributed by atoms with Crippen LogP contribution in [0.5, 0.6) is 0 Å². The summed E-state index contributed by atoms with van der Waals surface area (Å²) in [5, 5.41) is 10.3. The van der Waals surface area contributed by atoms with E-state index in [0.717, 1.165) is 19.5 Å². The molecule has 16 heavy (non-hydrogen) atoms. The molecule has 0 aliphatic heterocycles. The Kier molecular flexibility index (Phi) is 5.77. The average Bonchev–Trinajstić information content (AvgIpc) is 2.16. The van der Waals surface area contributed by atoms with Gasteiger partial charge >= 0.3 is 0 Å². The average molecular weight is 227 g/mol. The third-order valence-electron chi connectivity index (χ3n) is 3.84. The van der Waals surface area contributed by atoms with Gasteiger partial charge in [-0.2, -0.15) is 0 Å². The zero-order valence-corrected chi connectivity index (χ0v) is 11.4. The topological polar surface area (TPSA) is 23.5 Å². The van der Waals surface area contributed by atoms with Crippen molar-refractivity contribution in [2.45, 2.75) is 65.5 Å². The molecule has 0 saturated heterocycles. The highest BCUT2D eigenvalue weighted by atomic mass is 16.3. The molecule has 0 aromatic rings. The number of aliphatic hydroxyl groups excluding tert-OH is 1.